The van der Waals surface area contributed by atoms with Crippen molar-refractivity contribution in [3.05, 3.63) is 77.1 Å². The zero-order valence-corrected chi connectivity index (χ0v) is 23.1. The number of carbonyl (C=O) groups is 2. The van der Waals surface area contributed by atoms with Gasteiger partial charge in [-0.1, -0.05) is 35.9 Å². The molecule has 9 nitrogen and oxygen atoms in total. The van der Waals surface area contributed by atoms with E-state index < -0.39 is 17.9 Å². The van der Waals surface area contributed by atoms with Gasteiger partial charge in [-0.15, -0.1) is 0 Å². The third kappa shape index (κ3) is 6.25. The minimum absolute atomic E-state index is 0.158. The van der Waals surface area contributed by atoms with E-state index in [2.05, 4.69) is 52.2 Å². The molecule has 1 fully saturated rings. The number of hydrogen-bond acceptors (Lipinski definition) is 6. The van der Waals surface area contributed by atoms with Gasteiger partial charge in [0.15, 0.2) is 0 Å². The first-order valence-corrected chi connectivity index (χ1v) is 13.8. The number of nitrogens with one attached hydrogen (secondary N) is 1. The van der Waals surface area contributed by atoms with Crippen LogP contribution in [0.2, 0.25) is 5.15 Å². The predicted molar refractivity (Wildman–Crippen MR) is 148 cm³/mol. The largest absolute Gasteiger partial charge is 0.487 e. The molecule has 3 N–H and O–H groups in total. The molecule has 206 valence electrons. The van der Waals surface area contributed by atoms with E-state index in [4.69, 9.17) is 22.1 Å². The molecule has 0 bridgehead atoms. The van der Waals surface area contributed by atoms with Gasteiger partial charge in [0, 0.05) is 43.7 Å². The third-order valence-corrected chi connectivity index (χ3v) is 7.91. The normalized spacial score (nSPS) is 18.6. The lowest BCUT2D eigenvalue weighted by Crippen LogP contribution is -2.43. The SMILES string of the molecule is CC1(C)Cc2cccc(CN3CCC(CNC(=O)C(c4ccc(Cl)nc4)C(C(N)=O)n4ccnc4)CC3)c2O1. The summed E-state index contributed by atoms with van der Waals surface area (Å²) >= 11 is 5.97. The van der Waals surface area contributed by atoms with E-state index in [1.807, 2.05) is 0 Å². The number of nitrogens with two attached hydrogens (primary N) is 1. The number of piperidine rings is 1. The number of halogens is 1. The third-order valence-electron chi connectivity index (χ3n) is 7.68. The van der Waals surface area contributed by atoms with E-state index in [9.17, 15) is 9.59 Å². The van der Waals surface area contributed by atoms with Gasteiger partial charge >= 0.3 is 0 Å². The maximum Gasteiger partial charge on any atom is 0.241 e. The van der Waals surface area contributed by atoms with Crippen LogP contribution in [0.4, 0.5) is 0 Å². The fourth-order valence-corrected chi connectivity index (χ4v) is 5.83. The van der Waals surface area contributed by atoms with Gasteiger partial charge in [0.25, 0.3) is 0 Å². The van der Waals surface area contributed by atoms with Crippen LogP contribution >= 0.6 is 11.6 Å². The minimum atomic E-state index is -0.947. The van der Waals surface area contributed by atoms with E-state index in [0.717, 1.165) is 44.6 Å². The van der Waals surface area contributed by atoms with Gasteiger partial charge in [-0.25, -0.2) is 9.97 Å². The summed E-state index contributed by atoms with van der Waals surface area (Å²) in [6.07, 6.45) is 9.05. The highest BCUT2D eigenvalue weighted by Gasteiger charge is 2.36. The summed E-state index contributed by atoms with van der Waals surface area (Å²) in [6, 6.07) is 8.80. The van der Waals surface area contributed by atoms with Gasteiger partial charge < -0.3 is 20.4 Å². The second-order valence-electron chi connectivity index (χ2n) is 11.2. The molecule has 39 heavy (non-hydrogen) atoms. The first-order chi connectivity index (χ1) is 18.7. The van der Waals surface area contributed by atoms with Crippen molar-refractivity contribution in [1.29, 1.82) is 0 Å². The molecular formula is C29H35ClN6O3. The smallest absolute Gasteiger partial charge is 0.241 e. The lowest BCUT2D eigenvalue weighted by atomic mass is 9.90. The molecule has 4 heterocycles. The molecule has 2 unspecified atom stereocenters. The highest BCUT2D eigenvalue weighted by molar-refractivity contribution is 6.29. The number of primary amides is 1. The molecule has 2 aliphatic heterocycles. The zero-order chi connectivity index (χ0) is 27.6. The van der Waals surface area contributed by atoms with E-state index in [1.165, 1.54) is 23.7 Å². The van der Waals surface area contributed by atoms with Crippen LogP contribution in [0, 0.1) is 5.92 Å². The lowest BCUT2D eigenvalue weighted by molar-refractivity contribution is -0.129. The molecule has 2 aliphatic rings. The van der Waals surface area contributed by atoms with Gasteiger partial charge in [0.2, 0.25) is 11.8 Å². The van der Waals surface area contributed by atoms with Crippen molar-refractivity contribution in [2.24, 2.45) is 11.7 Å². The number of rotatable bonds is 9. The first-order valence-electron chi connectivity index (χ1n) is 13.4. The van der Waals surface area contributed by atoms with Crippen LogP contribution in [0.25, 0.3) is 0 Å². The van der Waals surface area contributed by atoms with Crippen molar-refractivity contribution in [3.63, 3.8) is 0 Å². The predicted octanol–water partition coefficient (Wildman–Crippen LogP) is 3.48. The Labute approximate surface area is 233 Å². The Hall–Kier alpha value is -3.43. The molecule has 0 aliphatic carbocycles. The number of hydrogen-bond donors (Lipinski definition) is 2. The van der Waals surface area contributed by atoms with Gasteiger partial charge in [-0.3, -0.25) is 14.5 Å². The molecule has 1 saturated heterocycles. The zero-order valence-electron chi connectivity index (χ0n) is 22.3. The molecule has 1 aromatic carbocycles. The maximum atomic E-state index is 13.5. The number of para-hydroxylation sites is 1. The molecule has 2 amide bonds. The maximum absolute atomic E-state index is 13.5. The molecule has 5 rings (SSSR count). The fraction of sp³-hybridized carbons (Fsp3) is 0.448. The average molecular weight is 551 g/mol. The Balaban J connectivity index is 1.20. The highest BCUT2D eigenvalue weighted by atomic mass is 35.5. The summed E-state index contributed by atoms with van der Waals surface area (Å²) in [4.78, 5) is 36.7. The van der Waals surface area contributed by atoms with Crippen molar-refractivity contribution in [2.45, 2.75) is 57.2 Å². The van der Waals surface area contributed by atoms with Crippen LogP contribution in [-0.2, 0) is 22.6 Å². The Morgan fingerprint density at radius 1 is 1.23 bits per heavy atom. The van der Waals surface area contributed by atoms with Crippen LogP contribution in [0.1, 0.15) is 55.3 Å². The lowest BCUT2D eigenvalue weighted by Gasteiger charge is -2.33. The van der Waals surface area contributed by atoms with Crippen LogP contribution < -0.4 is 15.8 Å². The minimum Gasteiger partial charge on any atom is -0.487 e. The summed E-state index contributed by atoms with van der Waals surface area (Å²) in [7, 11) is 0. The second kappa shape index (κ2) is 11.4. The van der Waals surface area contributed by atoms with Crippen LogP contribution in [0.3, 0.4) is 0 Å². The Morgan fingerprint density at radius 3 is 2.69 bits per heavy atom. The number of carbonyl (C=O) groups excluding carboxylic acids is 2. The summed E-state index contributed by atoms with van der Waals surface area (Å²) in [5, 5.41) is 3.39. The Bertz CT molecular complexity index is 1300. The van der Waals surface area contributed by atoms with Crippen LogP contribution in [0.5, 0.6) is 5.75 Å². The standard InChI is InChI=1S/C29H35ClN6O3/c1-29(2)14-20-4-3-5-22(26(20)39-29)17-35-11-8-19(9-12-35)15-34-28(38)24(21-6-7-23(30)33-16-21)25(27(31)37)36-13-10-32-18-36/h3-7,10,13,16,18-19,24-25H,8-9,11-12,14-15,17H2,1-2H3,(H2,31,37)(H,34,38). The van der Waals surface area contributed by atoms with Crippen molar-refractivity contribution < 1.29 is 14.3 Å². The quantitative estimate of drug-likeness (QED) is 0.394. The molecule has 0 radical (unpaired) electrons. The molecule has 0 spiro atoms. The van der Waals surface area contributed by atoms with Crippen molar-refractivity contribution in [2.75, 3.05) is 19.6 Å². The summed E-state index contributed by atoms with van der Waals surface area (Å²) in [6.45, 7) is 7.53. The number of imidazole rings is 1. The number of likely N-dealkylation sites (tertiary alicyclic amines) is 1. The number of benzene rings is 1. The van der Waals surface area contributed by atoms with E-state index in [-0.39, 0.29) is 11.5 Å². The van der Waals surface area contributed by atoms with E-state index in [1.54, 1.807) is 29.1 Å². The number of amides is 2. The molecule has 10 heteroatoms. The first kappa shape index (κ1) is 27.1. The molecule has 3 aromatic rings. The van der Waals surface area contributed by atoms with Gasteiger partial charge in [0.1, 0.15) is 22.5 Å². The topological polar surface area (TPSA) is 115 Å². The average Bonchev–Trinajstić information content (AvgIpc) is 3.54. The number of aromatic nitrogens is 3. The van der Waals surface area contributed by atoms with Crippen LogP contribution in [-0.4, -0.2) is 56.5 Å². The summed E-state index contributed by atoms with van der Waals surface area (Å²) in [5.74, 6) is -0.395. The summed E-state index contributed by atoms with van der Waals surface area (Å²) < 4.78 is 7.82. The van der Waals surface area contributed by atoms with Gasteiger partial charge in [-0.05, 0) is 62.9 Å². The Morgan fingerprint density at radius 2 is 2.03 bits per heavy atom. The molecule has 2 atom stereocenters. The number of pyridine rings is 1. The Kier molecular flexibility index (Phi) is 7.91. The van der Waals surface area contributed by atoms with Crippen molar-refractivity contribution >= 4 is 23.4 Å². The van der Waals surface area contributed by atoms with Crippen molar-refractivity contribution in [3.8, 4) is 5.75 Å². The van der Waals surface area contributed by atoms with Gasteiger partial charge in [-0.2, -0.15) is 0 Å². The second-order valence-corrected chi connectivity index (χ2v) is 11.5. The number of nitrogens with zero attached hydrogens (tertiary/aromatic N) is 4. The number of fused-ring (bicyclic) bond motifs is 1. The number of ether oxygens (including phenoxy) is 1. The molecular weight excluding hydrogens is 516 g/mol. The van der Waals surface area contributed by atoms with Crippen molar-refractivity contribution in [1.82, 2.24) is 24.8 Å². The monoisotopic (exact) mass is 550 g/mol. The van der Waals surface area contributed by atoms with Crippen LogP contribution in [0.15, 0.2) is 55.2 Å². The molecule has 2 aromatic heterocycles. The van der Waals surface area contributed by atoms with E-state index >= 15 is 0 Å². The highest BCUT2D eigenvalue weighted by Crippen LogP contribution is 2.38. The van der Waals surface area contributed by atoms with Gasteiger partial charge in [0.05, 0.1) is 12.2 Å². The summed E-state index contributed by atoms with van der Waals surface area (Å²) in [5.41, 5.74) is 8.69. The van der Waals surface area contributed by atoms with E-state index in [0.29, 0.717) is 23.2 Å². The fourth-order valence-electron chi connectivity index (χ4n) is 5.71. The molecule has 0 saturated carbocycles.